The first kappa shape index (κ1) is 15.5. The number of rotatable bonds is 4. The molecule has 0 radical (unpaired) electrons. The highest BCUT2D eigenvalue weighted by atomic mass is 79.9. The minimum atomic E-state index is -3.66. The van der Waals surface area contributed by atoms with Crippen molar-refractivity contribution in [3.63, 3.8) is 0 Å². The summed E-state index contributed by atoms with van der Waals surface area (Å²) in [5, 5.41) is 0. The summed E-state index contributed by atoms with van der Waals surface area (Å²) >= 11 is 3.25. The fourth-order valence-electron chi connectivity index (χ4n) is 1.76. The van der Waals surface area contributed by atoms with E-state index in [0.717, 1.165) is 4.31 Å². The SMILES string of the molecule is CN(c1ccc(C(N)=O)cc1)S(=O)(=O)c1cccc(Br)c1. The lowest BCUT2D eigenvalue weighted by atomic mass is 10.2. The molecule has 0 aliphatic rings. The van der Waals surface area contributed by atoms with Crippen molar-refractivity contribution in [1.29, 1.82) is 0 Å². The summed E-state index contributed by atoms with van der Waals surface area (Å²) in [5.41, 5.74) is 5.93. The van der Waals surface area contributed by atoms with Crippen molar-refractivity contribution in [2.45, 2.75) is 4.90 Å². The predicted octanol–water partition coefficient (Wildman–Crippen LogP) is 2.37. The molecule has 0 unspecified atom stereocenters. The molecule has 1 amide bonds. The lowest BCUT2D eigenvalue weighted by Gasteiger charge is -2.19. The largest absolute Gasteiger partial charge is 0.366 e. The first-order valence-electron chi connectivity index (χ1n) is 5.97. The van der Waals surface area contributed by atoms with Crippen LogP contribution in [-0.2, 0) is 10.0 Å². The molecule has 2 aromatic rings. The van der Waals surface area contributed by atoms with E-state index in [1.54, 1.807) is 12.1 Å². The predicted molar refractivity (Wildman–Crippen MR) is 84.7 cm³/mol. The van der Waals surface area contributed by atoms with E-state index < -0.39 is 15.9 Å². The van der Waals surface area contributed by atoms with E-state index in [1.807, 2.05) is 0 Å². The van der Waals surface area contributed by atoms with Crippen LogP contribution in [-0.4, -0.2) is 21.4 Å². The second-order valence-electron chi connectivity index (χ2n) is 4.34. The second-order valence-corrected chi connectivity index (χ2v) is 7.23. The summed E-state index contributed by atoms with van der Waals surface area (Å²) in [5.74, 6) is -0.556. The van der Waals surface area contributed by atoms with Gasteiger partial charge in [0.2, 0.25) is 5.91 Å². The monoisotopic (exact) mass is 368 g/mol. The van der Waals surface area contributed by atoms with Crippen LogP contribution < -0.4 is 10.0 Å². The van der Waals surface area contributed by atoms with Gasteiger partial charge in [-0.25, -0.2) is 8.42 Å². The number of anilines is 1. The van der Waals surface area contributed by atoms with E-state index in [2.05, 4.69) is 15.9 Å². The average Bonchev–Trinajstić information content (AvgIpc) is 2.46. The Morgan fingerprint density at radius 2 is 1.76 bits per heavy atom. The Kier molecular flexibility index (Phi) is 4.34. The van der Waals surface area contributed by atoms with E-state index in [4.69, 9.17) is 5.73 Å². The number of amides is 1. The number of hydrogen-bond donors (Lipinski definition) is 1. The maximum Gasteiger partial charge on any atom is 0.264 e. The Hall–Kier alpha value is -1.86. The third-order valence-electron chi connectivity index (χ3n) is 2.97. The summed E-state index contributed by atoms with van der Waals surface area (Å²) in [6, 6.07) is 12.5. The van der Waals surface area contributed by atoms with Crippen LogP contribution in [0.4, 0.5) is 5.69 Å². The molecular formula is C14H13BrN2O3S. The summed E-state index contributed by atoms with van der Waals surface area (Å²) in [7, 11) is -2.21. The van der Waals surface area contributed by atoms with Gasteiger partial charge in [0.25, 0.3) is 10.0 Å². The Bertz CT molecular complexity index is 773. The van der Waals surface area contributed by atoms with Crippen LogP contribution in [0.2, 0.25) is 0 Å². The molecular weight excluding hydrogens is 356 g/mol. The highest BCUT2D eigenvalue weighted by Crippen LogP contribution is 2.24. The second kappa shape index (κ2) is 5.87. The van der Waals surface area contributed by atoms with Crippen molar-refractivity contribution < 1.29 is 13.2 Å². The van der Waals surface area contributed by atoms with Crippen LogP contribution in [0.5, 0.6) is 0 Å². The number of benzene rings is 2. The Balaban J connectivity index is 2.38. The molecule has 2 rings (SSSR count). The minimum absolute atomic E-state index is 0.179. The summed E-state index contributed by atoms with van der Waals surface area (Å²) in [6.45, 7) is 0. The van der Waals surface area contributed by atoms with Crippen molar-refractivity contribution in [1.82, 2.24) is 0 Å². The first-order chi connectivity index (χ1) is 9.82. The zero-order valence-corrected chi connectivity index (χ0v) is 13.6. The van der Waals surface area contributed by atoms with Gasteiger partial charge in [0.05, 0.1) is 10.6 Å². The van der Waals surface area contributed by atoms with Crippen molar-refractivity contribution in [2.24, 2.45) is 5.73 Å². The maximum absolute atomic E-state index is 12.5. The molecule has 0 aliphatic heterocycles. The minimum Gasteiger partial charge on any atom is -0.366 e. The van der Waals surface area contributed by atoms with Gasteiger partial charge in [0, 0.05) is 17.1 Å². The molecule has 0 atom stereocenters. The number of primary amides is 1. The Morgan fingerprint density at radius 1 is 1.14 bits per heavy atom. The zero-order chi connectivity index (χ0) is 15.6. The number of hydrogen-bond acceptors (Lipinski definition) is 3. The van der Waals surface area contributed by atoms with Crippen molar-refractivity contribution in [3.8, 4) is 0 Å². The van der Waals surface area contributed by atoms with Crippen LogP contribution in [0.25, 0.3) is 0 Å². The van der Waals surface area contributed by atoms with Gasteiger partial charge >= 0.3 is 0 Å². The van der Waals surface area contributed by atoms with Crippen molar-refractivity contribution >= 4 is 37.5 Å². The number of halogens is 1. The molecule has 21 heavy (non-hydrogen) atoms. The van der Waals surface area contributed by atoms with Crippen molar-refractivity contribution in [3.05, 3.63) is 58.6 Å². The van der Waals surface area contributed by atoms with Crippen LogP contribution in [0.1, 0.15) is 10.4 Å². The van der Waals surface area contributed by atoms with Crippen molar-refractivity contribution in [2.75, 3.05) is 11.4 Å². The molecule has 5 nitrogen and oxygen atoms in total. The third kappa shape index (κ3) is 3.25. The van der Waals surface area contributed by atoms with Crippen LogP contribution in [0, 0.1) is 0 Å². The molecule has 0 aromatic heterocycles. The summed E-state index contributed by atoms with van der Waals surface area (Å²) in [4.78, 5) is 11.2. The molecule has 0 fully saturated rings. The highest BCUT2D eigenvalue weighted by molar-refractivity contribution is 9.10. The fraction of sp³-hybridized carbons (Fsp3) is 0.0714. The van der Waals surface area contributed by atoms with Gasteiger partial charge in [-0.05, 0) is 42.5 Å². The van der Waals surface area contributed by atoms with Gasteiger partial charge < -0.3 is 5.73 Å². The third-order valence-corrected chi connectivity index (χ3v) is 5.24. The van der Waals surface area contributed by atoms with Gasteiger partial charge in [0.1, 0.15) is 0 Å². The molecule has 110 valence electrons. The molecule has 0 aliphatic carbocycles. The fourth-order valence-corrected chi connectivity index (χ4v) is 3.55. The average molecular weight is 369 g/mol. The van der Waals surface area contributed by atoms with E-state index in [1.165, 1.54) is 43.4 Å². The van der Waals surface area contributed by atoms with E-state index in [9.17, 15) is 13.2 Å². The molecule has 0 heterocycles. The Labute approximate surface area is 131 Å². The zero-order valence-electron chi connectivity index (χ0n) is 11.2. The van der Waals surface area contributed by atoms with E-state index in [-0.39, 0.29) is 4.90 Å². The normalized spacial score (nSPS) is 11.1. The van der Waals surface area contributed by atoms with E-state index in [0.29, 0.717) is 15.7 Å². The smallest absolute Gasteiger partial charge is 0.264 e. The topological polar surface area (TPSA) is 80.5 Å². The van der Waals surface area contributed by atoms with Crippen LogP contribution in [0.15, 0.2) is 57.9 Å². The molecule has 0 saturated heterocycles. The molecule has 2 aromatic carbocycles. The molecule has 0 spiro atoms. The number of carbonyl (C=O) groups excluding carboxylic acids is 1. The molecule has 7 heteroatoms. The van der Waals surface area contributed by atoms with Gasteiger partial charge in [-0.3, -0.25) is 9.10 Å². The highest BCUT2D eigenvalue weighted by Gasteiger charge is 2.21. The lowest BCUT2D eigenvalue weighted by Crippen LogP contribution is -2.26. The number of nitrogens with two attached hydrogens (primary N) is 1. The van der Waals surface area contributed by atoms with Crippen LogP contribution >= 0.6 is 15.9 Å². The van der Waals surface area contributed by atoms with Gasteiger partial charge in [-0.15, -0.1) is 0 Å². The van der Waals surface area contributed by atoms with Gasteiger partial charge in [0.15, 0.2) is 0 Å². The first-order valence-corrected chi connectivity index (χ1v) is 8.20. The number of nitrogens with zero attached hydrogens (tertiary/aromatic N) is 1. The van der Waals surface area contributed by atoms with Gasteiger partial charge in [-0.1, -0.05) is 22.0 Å². The summed E-state index contributed by atoms with van der Waals surface area (Å²) in [6.07, 6.45) is 0. The van der Waals surface area contributed by atoms with Gasteiger partial charge in [-0.2, -0.15) is 0 Å². The van der Waals surface area contributed by atoms with Crippen LogP contribution in [0.3, 0.4) is 0 Å². The lowest BCUT2D eigenvalue weighted by molar-refractivity contribution is 0.100. The number of sulfonamides is 1. The molecule has 0 saturated carbocycles. The molecule has 2 N–H and O–H groups in total. The quantitative estimate of drug-likeness (QED) is 0.899. The Morgan fingerprint density at radius 3 is 2.29 bits per heavy atom. The number of carbonyl (C=O) groups is 1. The standard InChI is InChI=1S/C14H13BrN2O3S/c1-17(12-7-5-10(6-8-12)14(16)18)21(19,20)13-4-2-3-11(15)9-13/h2-9H,1H3,(H2,16,18). The molecule has 0 bridgehead atoms. The van der Waals surface area contributed by atoms with E-state index >= 15 is 0 Å². The summed E-state index contributed by atoms with van der Waals surface area (Å²) < 4.78 is 26.9. The maximum atomic E-state index is 12.5.